The minimum atomic E-state index is -0.457. The van der Waals surface area contributed by atoms with Gasteiger partial charge >= 0.3 is 0 Å². The van der Waals surface area contributed by atoms with Crippen molar-refractivity contribution in [3.05, 3.63) is 29.8 Å². The van der Waals surface area contributed by atoms with Crippen molar-refractivity contribution in [1.29, 1.82) is 0 Å². The first-order chi connectivity index (χ1) is 8.56. The fraction of sp³-hybridized carbons (Fsp3) is 0.385. The number of nitrogens with one attached hydrogen (secondary N) is 2. The van der Waals surface area contributed by atoms with E-state index in [1.54, 1.807) is 31.2 Å². The molecule has 18 heavy (non-hydrogen) atoms. The third kappa shape index (κ3) is 3.23. The lowest BCUT2D eigenvalue weighted by Crippen LogP contribution is -2.38. The smallest absolute Gasteiger partial charge is 0.248 e. The maximum absolute atomic E-state index is 11.7. The van der Waals surface area contributed by atoms with E-state index in [9.17, 15) is 9.59 Å². The second kappa shape index (κ2) is 5.08. The quantitative estimate of drug-likeness (QED) is 0.721. The summed E-state index contributed by atoms with van der Waals surface area (Å²) in [6.07, 6.45) is 2.15. The third-order valence-corrected chi connectivity index (χ3v) is 2.87. The van der Waals surface area contributed by atoms with E-state index < -0.39 is 5.91 Å². The van der Waals surface area contributed by atoms with Gasteiger partial charge in [0.25, 0.3) is 0 Å². The van der Waals surface area contributed by atoms with Crippen molar-refractivity contribution in [2.45, 2.75) is 31.8 Å². The Morgan fingerprint density at radius 3 is 2.39 bits per heavy atom. The standard InChI is InChI=1S/C13H17N3O2/c1-8(13(18)16-11-6-7-11)15-10-4-2-9(3-5-10)12(14)17/h2-5,8,11,15H,6-7H2,1H3,(H2,14,17)(H,16,18). The molecular formula is C13H17N3O2. The van der Waals surface area contributed by atoms with Gasteiger partial charge in [-0.15, -0.1) is 0 Å². The van der Waals surface area contributed by atoms with Gasteiger partial charge in [0, 0.05) is 17.3 Å². The Balaban J connectivity index is 1.91. The zero-order chi connectivity index (χ0) is 13.1. The Hall–Kier alpha value is -2.04. The molecule has 0 heterocycles. The predicted molar refractivity (Wildman–Crippen MR) is 69.2 cm³/mol. The molecule has 2 amide bonds. The minimum Gasteiger partial charge on any atom is -0.374 e. The van der Waals surface area contributed by atoms with Crippen LogP contribution < -0.4 is 16.4 Å². The second-order valence-corrected chi connectivity index (χ2v) is 4.59. The van der Waals surface area contributed by atoms with Gasteiger partial charge in [0.05, 0.1) is 0 Å². The van der Waals surface area contributed by atoms with Crippen molar-refractivity contribution >= 4 is 17.5 Å². The average Bonchev–Trinajstić information content (AvgIpc) is 3.13. The average molecular weight is 247 g/mol. The molecular weight excluding hydrogens is 230 g/mol. The van der Waals surface area contributed by atoms with E-state index in [2.05, 4.69) is 10.6 Å². The SMILES string of the molecule is CC(Nc1ccc(C(N)=O)cc1)C(=O)NC1CC1. The summed E-state index contributed by atoms with van der Waals surface area (Å²) in [5.74, 6) is -0.461. The fourth-order valence-corrected chi connectivity index (χ4v) is 1.60. The lowest BCUT2D eigenvalue weighted by atomic mass is 10.2. The number of primary amides is 1. The Morgan fingerprint density at radius 2 is 1.89 bits per heavy atom. The normalized spacial score (nSPS) is 15.8. The molecule has 1 aromatic carbocycles. The van der Waals surface area contributed by atoms with Crippen molar-refractivity contribution < 1.29 is 9.59 Å². The van der Waals surface area contributed by atoms with Crippen LogP contribution in [0.4, 0.5) is 5.69 Å². The molecule has 0 saturated heterocycles. The highest BCUT2D eigenvalue weighted by atomic mass is 16.2. The molecule has 4 N–H and O–H groups in total. The van der Waals surface area contributed by atoms with Crippen molar-refractivity contribution in [2.24, 2.45) is 5.73 Å². The summed E-state index contributed by atoms with van der Waals surface area (Å²) in [5, 5.41) is 6.00. The lowest BCUT2D eigenvalue weighted by molar-refractivity contribution is -0.121. The van der Waals surface area contributed by atoms with E-state index in [4.69, 9.17) is 5.73 Å². The summed E-state index contributed by atoms with van der Waals surface area (Å²) < 4.78 is 0. The number of carbonyl (C=O) groups is 2. The molecule has 0 spiro atoms. The van der Waals surface area contributed by atoms with Gasteiger partial charge in [0.1, 0.15) is 6.04 Å². The number of hydrogen-bond donors (Lipinski definition) is 3. The molecule has 0 bridgehead atoms. The van der Waals surface area contributed by atoms with E-state index in [0.717, 1.165) is 18.5 Å². The summed E-state index contributed by atoms with van der Waals surface area (Å²) in [6.45, 7) is 1.81. The van der Waals surface area contributed by atoms with Gasteiger partial charge in [-0.3, -0.25) is 9.59 Å². The fourth-order valence-electron chi connectivity index (χ4n) is 1.60. The Morgan fingerprint density at radius 1 is 1.28 bits per heavy atom. The van der Waals surface area contributed by atoms with Crippen LogP contribution >= 0.6 is 0 Å². The number of nitrogens with two attached hydrogens (primary N) is 1. The maximum Gasteiger partial charge on any atom is 0.248 e. The Bertz CT molecular complexity index is 452. The molecule has 1 aliphatic rings. The number of hydrogen-bond acceptors (Lipinski definition) is 3. The minimum absolute atomic E-state index is 0.00326. The summed E-state index contributed by atoms with van der Waals surface area (Å²) in [4.78, 5) is 22.6. The van der Waals surface area contributed by atoms with Crippen LogP contribution in [0, 0.1) is 0 Å². The molecule has 0 aromatic heterocycles. The molecule has 1 saturated carbocycles. The van der Waals surface area contributed by atoms with Crippen LogP contribution in [0.1, 0.15) is 30.1 Å². The molecule has 1 atom stereocenters. The molecule has 1 fully saturated rings. The predicted octanol–water partition coefficient (Wildman–Crippen LogP) is 0.864. The van der Waals surface area contributed by atoms with E-state index in [1.165, 1.54) is 0 Å². The molecule has 5 heteroatoms. The van der Waals surface area contributed by atoms with Gasteiger partial charge < -0.3 is 16.4 Å². The van der Waals surface area contributed by atoms with Gasteiger partial charge in [-0.1, -0.05) is 0 Å². The van der Waals surface area contributed by atoms with Gasteiger partial charge in [0.15, 0.2) is 0 Å². The van der Waals surface area contributed by atoms with E-state index in [1.807, 2.05) is 0 Å². The first-order valence-electron chi connectivity index (χ1n) is 6.03. The first-order valence-corrected chi connectivity index (χ1v) is 6.03. The molecule has 1 unspecified atom stereocenters. The number of amides is 2. The van der Waals surface area contributed by atoms with E-state index >= 15 is 0 Å². The van der Waals surface area contributed by atoms with Crippen molar-refractivity contribution in [3.63, 3.8) is 0 Å². The first kappa shape index (κ1) is 12.4. The topological polar surface area (TPSA) is 84.2 Å². The van der Waals surface area contributed by atoms with Crippen LogP contribution in [0.2, 0.25) is 0 Å². The summed E-state index contributed by atoms with van der Waals surface area (Å²) in [5.41, 5.74) is 6.40. The third-order valence-electron chi connectivity index (χ3n) is 2.87. The largest absolute Gasteiger partial charge is 0.374 e. The maximum atomic E-state index is 11.7. The van der Waals surface area contributed by atoms with Gasteiger partial charge in [-0.25, -0.2) is 0 Å². The van der Waals surface area contributed by atoms with Crippen molar-refractivity contribution in [1.82, 2.24) is 5.32 Å². The van der Waals surface area contributed by atoms with Crippen LogP contribution in [0.15, 0.2) is 24.3 Å². The van der Waals surface area contributed by atoms with Crippen LogP contribution in [-0.2, 0) is 4.79 Å². The lowest BCUT2D eigenvalue weighted by Gasteiger charge is -2.15. The van der Waals surface area contributed by atoms with Crippen LogP contribution in [0.5, 0.6) is 0 Å². The Kier molecular flexibility index (Phi) is 3.50. The summed E-state index contributed by atoms with van der Waals surface area (Å²) in [7, 11) is 0. The second-order valence-electron chi connectivity index (χ2n) is 4.59. The molecule has 2 rings (SSSR count). The molecule has 1 aliphatic carbocycles. The highest BCUT2D eigenvalue weighted by molar-refractivity contribution is 5.93. The van der Waals surface area contributed by atoms with Gasteiger partial charge in [0.2, 0.25) is 11.8 Å². The van der Waals surface area contributed by atoms with E-state index in [0.29, 0.717) is 11.6 Å². The number of anilines is 1. The summed E-state index contributed by atoms with van der Waals surface area (Å²) >= 11 is 0. The van der Waals surface area contributed by atoms with Crippen molar-refractivity contribution in [2.75, 3.05) is 5.32 Å². The summed E-state index contributed by atoms with van der Waals surface area (Å²) in [6, 6.07) is 6.80. The number of benzene rings is 1. The molecule has 0 aliphatic heterocycles. The van der Waals surface area contributed by atoms with Gasteiger partial charge in [-0.05, 0) is 44.0 Å². The van der Waals surface area contributed by atoms with E-state index in [-0.39, 0.29) is 11.9 Å². The zero-order valence-electron chi connectivity index (χ0n) is 10.3. The van der Waals surface area contributed by atoms with Crippen LogP contribution in [0.25, 0.3) is 0 Å². The molecule has 5 nitrogen and oxygen atoms in total. The zero-order valence-corrected chi connectivity index (χ0v) is 10.3. The number of carbonyl (C=O) groups excluding carboxylic acids is 2. The van der Waals surface area contributed by atoms with Crippen LogP contribution in [-0.4, -0.2) is 23.9 Å². The highest BCUT2D eigenvalue weighted by Gasteiger charge is 2.25. The Labute approximate surface area is 106 Å². The van der Waals surface area contributed by atoms with Crippen molar-refractivity contribution in [3.8, 4) is 0 Å². The van der Waals surface area contributed by atoms with Gasteiger partial charge in [-0.2, -0.15) is 0 Å². The molecule has 1 aromatic rings. The molecule has 96 valence electrons. The molecule has 0 radical (unpaired) electrons. The van der Waals surface area contributed by atoms with Crippen LogP contribution in [0.3, 0.4) is 0 Å². The highest BCUT2D eigenvalue weighted by Crippen LogP contribution is 2.19. The number of rotatable bonds is 5. The monoisotopic (exact) mass is 247 g/mol.